The maximum Gasteiger partial charge on any atom is 0.255 e. The standard InChI is InChI=1S/C23H24N4O3/c1-15-10-18(30-2)8-9-19(15)23(29)26-17-11-21-20(13-25-27(21)14-17)22(28)24-12-16-6-4-3-5-7-16/h3-10,13,17H,11-12,14H2,1-2H3,(H,24,28)(H,26,29)/t17-/m0/s1. The van der Waals surface area contributed by atoms with Gasteiger partial charge in [0.2, 0.25) is 0 Å². The zero-order valence-corrected chi connectivity index (χ0v) is 17.0. The molecule has 0 saturated heterocycles. The van der Waals surface area contributed by atoms with Gasteiger partial charge in [-0.2, -0.15) is 5.10 Å². The molecule has 0 fully saturated rings. The van der Waals surface area contributed by atoms with Crippen LogP contribution in [0.15, 0.2) is 54.7 Å². The number of rotatable bonds is 6. The summed E-state index contributed by atoms with van der Waals surface area (Å²) in [7, 11) is 1.60. The first-order valence-corrected chi connectivity index (χ1v) is 9.87. The maximum absolute atomic E-state index is 12.7. The highest BCUT2D eigenvalue weighted by Crippen LogP contribution is 2.21. The van der Waals surface area contributed by atoms with Crippen LogP contribution in [0.2, 0.25) is 0 Å². The Bertz CT molecular complexity index is 1080. The lowest BCUT2D eigenvalue weighted by molar-refractivity contribution is 0.0934. The number of benzene rings is 2. The van der Waals surface area contributed by atoms with Crippen LogP contribution in [-0.4, -0.2) is 34.7 Å². The second kappa shape index (κ2) is 8.41. The Labute approximate surface area is 175 Å². The lowest BCUT2D eigenvalue weighted by atomic mass is 10.1. The normalized spacial score (nSPS) is 14.8. The number of aromatic nitrogens is 2. The van der Waals surface area contributed by atoms with Gasteiger partial charge in [0.15, 0.2) is 0 Å². The number of nitrogens with one attached hydrogen (secondary N) is 2. The van der Waals surface area contributed by atoms with Crippen molar-refractivity contribution in [2.75, 3.05) is 7.11 Å². The van der Waals surface area contributed by atoms with E-state index in [1.807, 2.05) is 43.3 Å². The van der Waals surface area contributed by atoms with Crippen LogP contribution < -0.4 is 15.4 Å². The first kappa shape index (κ1) is 19.7. The molecule has 154 valence electrons. The van der Waals surface area contributed by atoms with Crippen molar-refractivity contribution >= 4 is 11.8 Å². The minimum absolute atomic E-state index is 0.108. The van der Waals surface area contributed by atoms with Crippen molar-refractivity contribution in [2.45, 2.75) is 32.5 Å². The molecular formula is C23H24N4O3. The van der Waals surface area contributed by atoms with E-state index >= 15 is 0 Å². The number of hydrogen-bond donors (Lipinski definition) is 2. The third-order valence-electron chi connectivity index (χ3n) is 5.34. The topological polar surface area (TPSA) is 85.2 Å². The minimum Gasteiger partial charge on any atom is -0.497 e. The highest BCUT2D eigenvalue weighted by atomic mass is 16.5. The van der Waals surface area contributed by atoms with Crippen molar-refractivity contribution in [1.29, 1.82) is 0 Å². The third kappa shape index (κ3) is 4.05. The summed E-state index contributed by atoms with van der Waals surface area (Å²) in [5.41, 5.74) is 3.90. The lowest BCUT2D eigenvalue weighted by Crippen LogP contribution is -2.36. The molecule has 2 N–H and O–H groups in total. The number of aryl methyl sites for hydroxylation is 1. The summed E-state index contributed by atoms with van der Waals surface area (Å²) in [6.45, 7) is 2.88. The molecule has 1 aromatic heterocycles. The summed E-state index contributed by atoms with van der Waals surface area (Å²) < 4.78 is 6.99. The monoisotopic (exact) mass is 404 g/mol. The summed E-state index contributed by atoms with van der Waals surface area (Å²) in [6, 6.07) is 15.0. The van der Waals surface area contributed by atoms with Crippen molar-refractivity contribution < 1.29 is 14.3 Å². The van der Waals surface area contributed by atoms with Crippen LogP contribution in [0.5, 0.6) is 5.75 Å². The number of amides is 2. The number of hydrogen-bond acceptors (Lipinski definition) is 4. The molecule has 2 aromatic carbocycles. The van der Waals surface area contributed by atoms with Gasteiger partial charge in [0.25, 0.3) is 11.8 Å². The van der Waals surface area contributed by atoms with E-state index in [1.165, 1.54) is 0 Å². The smallest absolute Gasteiger partial charge is 0.255 e. The molecule has 0 aliphatic carbocycles. The molecule has 0 saturated carbocycles. The molecule has 7 heteroatoms. The van der Waals surface area contributed by atoms with Crippen LogP contribution in [0.25, 0.3) is 0 Å². The minimum atomic E-state index is -0.155. The first-order chi connectivity index (χ1) is 14.5. The average Bonchev–Trinajstić information content (AvgIpc) is 3.32. The van der Waals surface area contributed by atoms with Gasteiger partial charge in [-0.3, -0.25) is 14.3 Å². The molecule has 1 aliphatic rings. The predicted octanol–water partition coefficient (Wildman–Crippen LogP) is 2.48. The number of carbonyl (C=O) groups is 2. The fourth-order valence-electron chi connectivity index (χ4n) is 3.73. The molecule has 30 heavy (non-hydrogen) atoms. The fraction of sp³-hybridized carbons (Fsp3) is 0.261. The highest BCUT2D eigenvalue weighted by molar-refractivity contribution is 5.96. The summed E-state index contributed by atoms with van der Waals surface area (Å²) in [4.78, 5) is 25.3. The van der Waals surface area contributed by atoms with Crippen molar-refractivity contribution in [1.82, 2.24) is 20.4 Å². The molecule has 7 nitrogen and oxygen atoms in total. The van der Waals surface area contributed by atoms with Crippen molar-refractivity contribution in [3.8, 4) is 5.75 Å². The van der Waals surface area contributed by atoms with Gasteiger partial charge in [-0.25, -0.2) is 0 Å². The Morgan fingerprint density at radius 2 is 1.93 bits per heavy atom. The van der Waals surface area contributed by atoms with Crippen LogP contribution in [0.3, 0.4) is 0 Å². The second-order valence-electron chi connectivity index (χ2n) is 7.41. The van der Waals surface area contributed by atoms with Crippen molar-refractivity contribution in [3.05, 3.63) is 82.7 Å². The molecular weight excluding hydrogens is 380 g/mol. The van der Waals surface area contributed by atoms with Gasteiger partial charge >= 0.3 is 0 Å². The van der Waals surface area contributed by atoms with E-state index in [1.54, 1.807) is 30.1 Å². The molecule has 3 aromatic rings. The van der Waals surface area contributed by atoms with Crippen LogP contribution in [0.4, 0.5) is 0 Å². The van der Waals surface area contributed by atoms with Gasteiger partial charge in [0.1, 0.15) is 5.75 Å². The number of ether oxygens (including phenoxy) is 1. The average molecular weight is 404 g/mol. The van der Waals surface area contributed by atoms with Crippen LogP contribution >= 0.6 is 0 Å². The van der Waals surface area contributed by atoms with Crippen molar-refractivity contribution in [2.24, 2.45) is 0 Å². The number of nitrogens with zero attached hydrogens (tertiary/aromatic N) is 2. The predicted molar refractivity (Wildman–Crippen MR) is 113 cm³/mol. The van der Waals surface area contributed by atoms with Crippen molar-refractivity contribution in [3.63, 3.8) is 0 Å². The van der Waals surface area contributed by atoms with Gasteiger partial charge < -0.3 is 15.4 Å². The van der Waals surface area contributed by atoms with E-state index < -0.39 is 0 Å². The van der Waals surface area contributed by atoms with E-state index in [2.05, 4.69) is 15.7 Å². The molecule has 0 unspecified atom stereocenters. The van der Waals surface area contributed by atoms with E-state index in [0.717, 1.165) is 22.6 Å². The van der Waals surface area contributed by atoms with E-state index in [0.29, 0.717) is 30.6 Å². The Morgan fingerprint density at radius 3 is 2.67 bits per heavy atom. The third-order valence-corrected chi connectivity index (χ3v) is 5.34. The summed E-state index contributed by atoms with van der Waals surface area (Å²) in [5, 5.41) is 10.3. The van der Waals surface area contributed by atoms with Gasteiger partial charge in [0.05, 0.1) is 37.2 Å². The van der Waals surface area contributed by atoms with Gasteiger partial charge in [0, 0.05) is 18.5 Å². The molecule has 2 amide bonds. The Kier molecular flexibility index (Phi) is 5.52. The summed E-state index contributed by atoms with van der Waals surface area (Å²) in [6.07, 6.45) is 2.16. The zero-order valence-electron chi connectivity index (χ0n) is 17.0. The quantitative estimate of drug-likeness (QED) is 0.661. The Balaban J connectivity index is 1.39. The number of carbonyl (C=O) groups excluding carboxylic acids is 2. The van der Waals surface area contributed by atoms with Crippen LogP contribution in [0.1, 0.15) is 37.5 Å². The summed E-state index contributed by atoms with van der Waals surface area (Å²) in [5.74, 6) is 0.426. The maximum atomic E-state index is 12.7. The molecule has 0 radical (unpaired) electrons. The Hall–Kier alpha value is -3.61. The largest absolute Gasteiger partial charge is 0.497 e. The van der Waals surface area contributed by atoms with Gasteiger partial charge in [-0.05, 0) is 36.2 Å². The second-order valence-corrected chi connectivity index (χ2v) is 7.41. The van der Waals surface area contributed by atoms with Gasteiger partial charge in [-0.1, -0.05) is 30.3 Å². The molecule has 1 atom stereocenters. The number of methoxy groups -OCH3 is 1. The molecule has 0 spiro atoms. The fourth-order valence-corrected chi connectivity index (χ4v) is 3.73. The molecule has 1 aliphatic heterocycles. The molecule has 2 heterocycles. The lowest BCUT2D eigenvalue weighted by Gasteiger charge is -2.14. The molecule has 4 rings (SSSR count). The SMILES string of the molecule is COc1ccc(C(=O)N[C@H]2Cc3c(C(=O)NCc4ccccc4)cnn3C2)c(C)c1. The van der Waals surface area contributed by atoms with E-state index in [4.69, 9.17) is 4.74 Å². The summed E-state index contributed by atoms with van der Waals surface area (Å²) >= 11 is 0. The van der Waals surface area contributed by atoms with E-state index in [9.17, 15) is 9.59 Å². The van der Waals surface area contributed by atoms with Crippen LogP contribution in [0, 0.1) is 6.92 Å². The number of fused-ring (bicyclic) bond motifs is 1. The van der Waals surface area contributed by atoms with Gasteiger partial charge in [-0.15, -0.1) is 0 Å². The zero-order chi connectivity index (χ0) is 21.1. The molecule has 0 bridgehead atoms. The highest BCUT2D eigenvalue weighted by Gasteiger charge is 2.29. The van der Waals surface area contributed by atoms with Crippen LogP contribution in [-0.2, 0) is 19.5 Å². The van der Waals surface area contributed by atoms with E-state index in [-0.39, 0.29) is 17.9 Å². The Morgan fingerprint density at radius 1 is 1.13 bits per heavy atom. The first-order valence-electron chi connectivity index (χ1n) is 9.87.